The van der Waals surface area contributed by atoms with Crippen molar-refractivity contribution in [1.29, 1.82) is 0 Å². The zero-order valence-corrected chi connectivity index (χ0v) is 13.4. The first-order valence-corrected chi connectivity index (χ1v) is 12.5. The number of hydrogen-bond acceptors (Lipinski definition) is 1. The second kappa shape index (κ2) is 4.70. The molecule has 0 aromatic rings. The molecule has 0 heterocycles. The van der Waals surface area contributed by atoms with Crippen LogP contribution in [0.5, 0.6) is 0 Å². The van der Waals surface area contributed by atoms with Gasteiger partial charge in [-0.05, 0) is 18.5 Å². The Kier molecular flexibility index (Phi) is 4.61. The molecule has 88 valence electrons. The molecule has 0 spiro atoms. The van der Waals surface area contributed by atoms with E-state index in [4.69, 9.17) is 0 Å². The lowest BCUT2D eigenvalue weighted by atomic mass is 10.3. The molecule has 0 atom stereocenters. The summed E-state index contributed by atoms with van der Waals surface area (Å²) in [6.45, 7) is 19.8. The van der Waals surface area contributed by atoms with E-state index in [1.54, 1.807) is 0 Å². The van der Waals surface area contributed by atoms with Crippen molar-refractivity contribution in [2.24, 2.45) is 0 Å². The van der Waals surface area contributed by atoms with E-state index >= 15 is 0 Å². The van der Waals surface area contributed by atoms with Gasteiger partial charge in [0.1, 0.15) is 0 Å². The van der Waals surface area contributed by atoms with Crippen molar-refractivity contribution in [1.82, 2.24) is 0 Å². The standard InChI is InChI=1S/C12H26OSi2/c1-10(14(3,4)5)9-12(11(2)13)15(6,7)8/h13H,1,9H2,2-8H3/b12-11+. The predicted molar refractivity (Wildman–Crippen MR) is 75.8 cm³/mol. The average Bonchev–Trinajstić information content (AvgIpc) is 1.94. The van der Waals surface area contributed by atoms with Gasteiger partial charge >= 0.3 is 0 Å². The minimum absolute atomic E-state index is 0.522. The molecule has 0 amide bonds. The van der Waals surface area contributed by atoms with Crippen LogP contribution in [-0.4, -0.2) is 21.3 Å². The van der Waals surface area contributed by atoms with Crippen LogP contribution in [0.2, 0.25) is 39.3 Å². The van der Waals surface area contributed by atoms with Gasteiger partial charge in [0.15, 0.2) is 0 Å². The van der Waals surface area contributed by atoms with Gasteiger partial charge in [0, 0.05) is 0 Å². The molecular weight excluding hydrogens is 216 g/mol. The second-order valence-electron chi connectivity index (χ2n) is 6.34. The van der Waals surface area contributed by atoms with E-state index < -0.39 is 16.1 Å². The summed E-state index contributed by atoms with van der Waals surface area (Å²) < 4.78 is 0. The lowest BCUT2D eigenvalue weighted by Gasteiger charge is -2.27. The topological polar surface area (TPSA) is 20.2 Å². The maximum atomic E-state index is 9.75. The highest BCUT2D eigenvalue weighted by molar-refractivity contribution is 6.85. The molecule has 3 heteroatoms. The van der Waals surface area contributed by atoms with Crippen LogP contribution in [-0.2, 0) is 0 Å². The fourth-order valence-electron chi connectivity index (χ4n) is 1.41. The summed E-state index contributed by atoms with van der Waals surface area (Å²) >= 11 is 0. The lowest BCUT2D eigenvalue weighted by Crippen LogP contribution is -2.30. The molecule has 1 nitrogen and oxygen atoms in total. The largest absolute Gasteiger partial charge is 0.513 e. The minimum Gasteiger partial charge on any atom is -0.513 e. The van der Waals surface area contributed by atoms with Crippen molar-refractivity contribution in [3.63, 3.8) is 0 Å². The van der Waals surface area contributed by atoms with E-state index in [1.165, 1.54) is 10.4 Å². The molecule has 0 aliphatic carbocycles. The Morgan fingerprint density at radius 2 is 1.40 bits per heavy atom. The van der Waals surface area contributed by atoms with Crippen molar-refractivity contribution >= 4 is 16.1 Å². The summed E-state index contributed by atoms with van der Waals surface area (Å²) in [7, 11) is -2.67. The minimum atomic E-state index is -1.40. The fraction of sp³-hybridized carbons (Fsp3) is 0.667. The lowest BCUT2D eigenvalue weighted by molar-refractivity contribution is 0.409. The normalized spacial score (nSPS) is 14.9. The SMILES string of the molecule is C=C(C/C(=C(/C)O)[Si](C)(C)C)[Si](C)(C)C. The molecule has 15 heavy (non-hydrogen) atoms. The maximum Gasteiger partial charge on any atom is 0.0848 e. The van der Waals surface area contributed by atoms with Gasteiger partial charge in [0.05, 0.1) is 21.9 Å². The number of hydrogen-bond donors (Lipinski definition) is 1. The van der Waals surface area contributed by atoms with E-state index in [2.05, 4.69) is 45.9 Å². The molecule has 0 aliphatic heterocycles. The van der Waals surface area contributed by atoms with Crippen LogP contribution >= 0.6 is 0 Å². The molecule has 0 aliphatic rings. The Morgan fingerprint density at radius 1 is 1.00 bits per heavy atom. The molecule has 0 saturated heterocycles. The molecular formula is C12H26OSi2. The maximum absolute atomic E-state index is 9.75. The van der Waals surface area contributed by atoms with E-state index in [0.29, 0.717) is 5.76 Å². The van der Waals surface area contributed by atoms with Crippen molar-refractivity contribution < 1.29 is 5.11 Å². The third kappa shape index (κ3) is 4.84. The third-order valence-electron chi connectivity index (χ3n) is 2.79. The van der Waals surface area contributed by atoms with Crippen molar-refractivity contribution in [3.8, 4) is 0 Å². The van der Waals surface area contributed by atoms with E-state index in [-0.39, 0.29) is 0 Å². The van der Waals surface area contributed by atoms with E-state index in [0.717, 1.165) is 6.42 Å². The van der Waals surface area contributed by atoms with Crippen LogP contribution in [0.25, 0.3) is 0 Å². The molecule has 0 bridgehead atoms. The van der Waals surface area contributed by atoms with Crippen LogP contribution in [0.3, 0.4) is 0 Å². The number of allylic oxidation sites excluding steroid dienone is 3. The van der Waals surface area contributed by atoms with Gasteiger partial charge < -0.3 is 5.11 Å². The summed E-state index contributed by atoms with van der Waals surface area (Å²) in [6, 6.07) is 0. The van der Waals surface area contributed by atoms with Gasteiger partial charge in [-0.2, -0.15) is 0 Å². The Bertz CT molecular complexity index is 273. The van der Waals surface area contributed by atoms with Gasteiger partial charge in [-0.3, -0.25) is 0 Å². The van der Waals surface area contributed by atoms with Gasteiger partial charge in [0.2, 0.25) is 0 Å². The van der Waals surface area contributed by atoms with Gasteiger partial charge in [-0.25, -0.2) is 0 Å². The summed E-state index contributed by atoms with van der Waals surface area (Å²) in [4.78, 5) is 0. The Labute approximate surface area is 96.9 Å². The highest BCUT2D eigenvalue weighted by atomic mass is 28.3. The van der Waals surface area contributed by atoms with Gasteiger partial charge in [-0.15, -0.1) is 6.58 Å². The number of rotatable bonds is 4. The first kappa shape index (κ1) is 14.7. The molecule has 1 N–H and O–H groups in total. The Morgan fingerprint density at radius 3 is 1.60 bits per heavy atom. The molecule has 0 aromatic heterocycles. The Hall–Kier alpha value is -0.286. The van der Waals surface area contributed by atoms with Gasteiger partial charge in [0.25, 0.3) is 0 Å². The first-order chi connectivity index (χ1) is 6.46. The quantitative estimate of drug-likeness (QED) is 0.568. The smallest absolute Gasteiger partial charge is 0.0848 e. The highest BCUT2D eigenvalue weighted by Crippen LogP contribution is 2.28. The zero-order chi connectivity index (χ0) is 12.4. The monoisotopic (exact) mass is 242 g/mol. The van der Waals surface area contributed by atoms with E-state index in [9.17, 15) is 5.11 Å². The Balaban J connectivity index is 4.93. The number of aliphatic hydroxyl groups is 1. The second-order valence-corrected chi connectivity index (χ2v) is 16.7. The summed E-state index contributed by atoms with van der Waals surface area (Å²) in [5.74, 6) is 0.522. The number of aliphatic hydroxyl groups excluding tert-OH is 1. The van der Waals surface area contributed by atoms with Crippen LogP contribution in [0.4, 0.5) is 0 Å². The molecule has 0 unspecified atom stereocenters. The highest BCUT2D eigenvalue weighted by Gasteiger charge is 2.26. The fourth-order valence-corrected chi connectivity index (χ4v) is 4.13. The summed E-state index contributed by atoms with van der Waals surface area (Å²) in [6.07, 6.45) is 0.910. The van der Waals surface area contributed by atoms with E-state index in [1.807, 2.05) is 6.92 Å². The molecule has 0 fully saturated rings. The summed E-state index contributed by atoms with van der Waals surface area (Å²) in [5.41, 5.74) is 0. The average molecular weight is 243 g/mol. The molecule has 0 aromatic carbocycles. The van der Waals surface area contributed by atoms with Crippen LogP contribution in [0.15, 0.2) is 22.7 Å². The van der Waals surface area contributed by atoms with Crippen LogP contribution in [0, 0.1) is 0 Å². The summed E-state index contributed by atoms with van der Waals surface area (Å²) in [5, 5.41) is 12.4. The van der Waals surface area contributed by atoms with Crippen molar-refractivity contribution in [2.45, 2.75) is 52.6 Å². The van der Waals surface area contributed by atoms with Crippen LogP contribution in [0.1, 0.15) is 13.3 Å². The molecule has 0 saturated carbocycles. The predicted octanol–water partition coefficient (Wildman–Crippen LogP) is 4.52. The van der Waals surface area contributed by atoms with Gasteiger partial charge in [-0.1, -0.05) is 44.5 Å². The van der Waals surface area contributed by atoms with Crippen molar-refractivity contribution in [3.05, 3.63) is 22.7 Å². The van der Waals surface area contributed by atoms with Crippen molar-refractivity contribution in [2.75, 3.05) is 0 Å². The first-order valence-electron chi connectivity index (χ1n) is 5.53. The van der Waals surface area contributed by atoms with Crippen LogP contribution < -0.4 is 0 Å². The molecule has 0 radical (unpaired) electrons. The zero-order valence-electron chi connectivity index (χ0n) is 11.4. The molecule has 0 rings (SSSR count). The third-order valence-corrected chi connectivity index (χ3v) is 7.44.